The van der Waals surface area contributed by atoms with Gasteiger partial charge < -0.3 is 9.52 Å². The van der Waals surface area contributed by atoms with E-state index < -0.39 is 11.4 Å². The van der Waals surface area contributed by atoms with Crippen LogP contribution < -0.4 is 0 Å². The molecule has 1 N–H and O–H groups in total. The molecule has 0 unspecified atom stereocenters. The maximum Gasteiger partial charge on any atom is 0.314 e. The summed E-state index contributed by atoms with van der Waals surface area (Å²) in [6.45, 7) is 1.88. The van der Waals surface area contributed by atoms with Crippen molar-refractivity contribution in [1.82, 2.24) is 4.98 Å². The van der Waals surface area contributed by atoms with E-state index in [1.165, 1.54) is 0 Å². The molecule has 4 heteroatoms. The van der Waals surface area contributed by atoms with Gasteiger partial charge in [0.05, 0.1) is 11.1 Å². The number of hydrogen-bond acceptors (Lipinski definition) is 3. The normalized spacial score (nSPS) is 17.6. The molecule has 21 heavy (non-hydrogen) atoms. The van der Waals surface area contributed by atoms with E-state index in [0.29, 0.717) is 5.89 Å². The fourth-order valence-corrected chi connectivity index (χ4v) is 3.20. The molecule has 110 valence electrons. The Morgan fingerprint density at radius 3 is 2.38 bits per heavy atom. The minimum absolute atomic E-state index is 0.576. The molecule has 0 spiro atoms. The van der Waals surface area contributed by atoms with Crippen molar-refractivity contribution in [3.63, 3.8) is 0 Å². The zero-order chi connectivity index (χ0) is 14.9. The minimum Gasteiger partial charge on any atom is -0.481 e. The predicted molar refractivity (Wildman–Crippen MR) is 79.1 cm³/mol. The van der Waals surface area contributed by atoms with E-state index in [1.807, 2.05) is 31.2 Å². The molecule has 1 aliphatic carbocycles. The summed E-state index contributed by atoms with van der Waals surface area (Å²) in [7, 11) is 0. The highest BCUT2D eigenvalue weighted by atomic mass is 16.4. The van der Waals surface area contributed by atoms with Gasteiger partial charge in [-0.3, -0.25) is 4.79 Å². The Morgan fingerprint density at radius 2 is 1.86 bits per heavy atom. The van der Waals surface area contributed by atoms with E-state index in [-0.39, 0.29) is 0 Å². The number of carbonyl (C=O) groups is 1. The molecule has 0 aliphatic heterocycles. The smallest absolute Gasteiger partial charge is 0.314 e. The number of hydrogen-bond donors (Lipinski definition) is 1. The highest BCUT2D eigenvalue weighted by Crippen LogP contribution is 2.40. The van der Waals surface area contributed by atoms with Crippen LogP contribution in [-0.2, 0) is 10.2 Å². The number of aryl methyl sites for hydroxylation is 1. The fraction of sp³-hybridized carbons (Fsp3) is 0.412. The van der Waals surface area contributed by atoms with Crippen LogP contribution in [0.25, 0.3) is 11.5 Å². The lowest BCUT2D eigenvalue weighted by molar-refractivity contribution is -0.145. The Kier molecular flexibility index (Phi) is 3.53. The molecule has 1 fully saturated rings. The summed E-state index contributed by atoms with van der Waals surface area (Å²) in [6, 6.07) is 7.63. The van der Waals surface area contributed by atoms with Crippen molar-refractivity contribution in [3.8, 4) is 11.5 Å². The molecule has 0 atom stereocenters. The predicted octanol–water partition coefficient (Wildman–Crippen LogP) is 3.94. The van der Waals surface area contributed by atoms with Gasteiger partial charge >= 0.3 is 5.97 Å². The summed E-state index contributed by atoms with van der Waals surface area (Å²) in [4.78, 5) is 16.1. The first-order chi connectivity index (χ1) is 10.1. The zero-order valence-corrected chi connectivity index (χ0v) is 12.1. The van der Waals surface area contributed by atoms with Crippen molar-refractivity contribution in [1.29, 1.82) is 0 Å². The molecule has 1 heterocycles. The van der Waals surface area contributed by atoms with Gasteiger partial charge in [-0.1, -0.05) is 31.4 Å². The van der Waals surface area contributed by atoms with Crippen LogP contribution in [0, 0.1) is 6.92 Å². The molecule has 0 amide bonds. The highest BCUT2D eigenvalue weighted by Gasteiger charge is 2.41. The van der Waals surface area contributed by atoms with Gasteiger partial charge in [0.1, 0.15) is 6.26 Å². The molecular weight excluding hydrogens is 266 g/mol. The Labute approximate surface area is 123 Å². The maximum absolute atomic E-state index is 11.8. The second-order valence-corrected chi connectivity index (χ2v) is 5.82. The number of oxazole rings is 1. The maximum atomic E-state index is 11.8. The van der Waals surface area contributed by atoms with Crippen LogP contribution in [0.5, 0.6) is 0 Å². The number of rotatable bonds is 3. The van der Waals surface area contributed by atoms with Crippen molar-refractivity contribution >= 4 is 5.97 Å². The van der Waals surface area contributed by atoms with E-state index >= 15 is 0 Å². The monoisotopic (exact) mass is 285 g/mol. The third kappa shape index (κ3) is 2.46. The van der Waals surface area contributed by atoms with Gasteiger partial charge in [0.15, 0.2) is 0 Å². The summed E-state index contributed by atoms with van der Waals surface area (Å²) in [5.74, 6) is -0.131. The summed E-state index contributed by atoms with van der Waals surface area (Å²) in [5.41, 5.74) is 1.89. The molecule has 3 rings (SSSR count). The molecule has 2 aromatic rings. The Balaban J connectivity index is 1.93. The van der Waals surface area contributed by atoms with Crippen molar-refractivity contribution in [2.24, 2.45) is 0 Å². The van der Waals surface area contributed by atoms with E-state index in [0.717, 1.165) is 48.9 Å². The quantitative estimate of drug-likeness (QED) is 0.927. The number of benzene rings is 1. The lowest BCUT2D eigenvalue weighted by Crippen LogP contribution is -2.37. The third-order valence-electron chi connectivity index (χ3n) is 4.42. The number of aromatic nitrogens is 1. The van der Waals surface area contributed by atoms with E-state index in [4.69, 9.17) is 4.42 Å². The molecule has 4 nitrogen and oxygen atoms in total. The third-order valence-corrected chi connectivity index (χ3v) is 4.42. The molecule has 0 saturated heterocycles. The number of carboxylic acids is 1. The number of nitrogens with zero attached hydrogens (tertiary/aromatic N) is 1. The van der Waals surface area contributed by atoms with Gasteiger partial charge in [-0.25, -0.2) is 4.98 Å². The van der Waals surface area contributed by atoms with Gasteiger partial charge in [-0.2, -0.15) is 0 Å². The second kappa shape index (κ2) is 5.35. The van der Waals surface area contributed by atoms with Crippen LogP contribution in [0.1, 0.15) is 43.4 Å². The summed E-state index contributed by atoms with van der Waals surface area (Å²) >= 11 is 0. The van der Waals surface area contributed by atoms with Crippen LogP contribution in [0.2, 0.25) is 0 Å². The number of aliphatic carboxylic acids is 1. The first-order valence-corrected chi connectivity index (χ1v) is 7.38. The van der Waals surface area contributed by atoms with Crippen LogP contribution >= 0.6 is 0 Å². The Bertz CT molecular complexity index is 636. The van der Waals surface area contributed by atoms with E-state index in [1.54, 1.807) is 6.26 Å². The Morgan fingerprint density at radius 1 is 1.19 bits per heavy atom. The summed E-state index contributed by atoms with van der Waals surface area (Å²) < 4.78 is 5.38. The second-order valence-electron chi connectivity index (χ2n) is 5.82. The topological polar surface area (TPSA) is 63.3 Å². The molecule has 1 saturated carbocycles. The minimum atomic E-state index is -0.719. The highest BCUT2D eigenvalue weighted by molar-refractivity contribution is 5.81. The average Bonchev–Trinajstić information content (AvgIpc) is 2.94. The molecule has 1 aromatic heterocycles. The lowest BCUT2D eigenvalue weighted by Gasteiger charge is -2.33. The molecule has 1 aliphatic rings. The lowest BCUT2D eigenvalue weighted by atomic mass is 9.69. The molecule has 0 radical (unpaired) electrons. The number of carboxylic acid groups (broad SMARTS) is 1. The van der Waals surface area contributed by atoms with Crippen LogP contribution in [0.3, 0.4) is 0 Å². The van der Waals surface area contributed by atoms with E-state index in [9.17, 15) is 9.90 Å². The standard InChI is InChI=1S/C17H19NO3/c1-12-11-21-15(18-12)13-5-7-14(8-6-13)17(16(19)20)9-3-2-4-10-17/h5-8,11H,2-4,9-10H2,1H3,(H,19,20). The van der Waals surface area contributed by atoms with E-state index in [2.05, 4.69) is 4.98 Å². The van der Waals surface area contributed by atoms with Crippen molar-refractivity contribution in [2.75, 3.05) is 0 Å². The largest absolute Gasteiger partial charge is 0.481 e. The fourth-order valence-electron chi connectivity index (χ4n) is 3.20. The Hall–Kier alpha value is -2.10. The first kappa shape index (κ1) is 13.9. The van der Waals surface area contributed by atoms with Crippen LogP contribution in [0.15, 0.2) is 34.9 Å². The van der Waals surface area contributed by atoms with Gasteiger partial charge in [0, 0.05) is 5.56 Å². The van der Waals surface area contributed by atoms with Gasteiger partial charge in [-0.15, -0.1) is 0 Å². The summed E-state index contributed by atoms with van der Waals surface area (Å²) in [5, 5.41) is 9.70. The van der Waals surface area contributed by atoms with Crippen molar-refractivity contribution in [2.45, 2.75) is 44.4 Å². The molecule has 0 bridgehead atoms. The van der Waals surface area contributed by atoms with Gasteiger partial charge in [-0.05, 0) is 37.5 Å². The molecule has 1 aromatic carbocycles. The first-order valence-electron chi connectivity index (χ1n) is 7.38. The van der Waals surface area contributed by atoms with Crippen LogP contribution in [-0.4, -0.2) is 16.1 Å². The van der Waals surface area contributed by atoms with Gasteiger partial charge in [0.25, 0.3) is 0 Å². The SMILES string of the molecule is Cc1coc(-c2ccc(C3(C(=O)O)CCCCC3)cc2)n1. The van der Waals surface area contributed by atoms with Crippen molar-refractivity contribution < 1.29 is 14.3 Å². The zero-order valence-electron chi connectivity index (χ0n) is 12.1. The molecular formula is C17H19NO3. The van der Waals surface area contributed by atoms with Crippen molar-refractivity contribution in [3.05, 3.63) is 41.8 Å². The summed E-state index contributed by atoms with van der Waals surface area (Å²) in [6.07, 6.45) is 6.14. The van der Waals surface area contributed by atoms with Crippen LogP contribution in [0.4, 0.5) is 0 Å². The average molecular weight is 285 g/mol. The van der Waals surface area contributed by atoms with Gasteiger partial charge in [0.2, 0.25) is 5.89 Å².